The van der Waals surface area contributed by atoms with Crippen molar-refractivity contribution in [3.8, 4) is 0 Å². The topological polar surface area (TPSA) is 38.9 Å². The second-order valence-corrected chi connectivity index (χ2v) is 2.39. The molecule has 0 aliphatic carbocycles. The fourth-order valence-corrected chi connectivity index (χ4v) is 1.06. The Morgan fingerprint density at radius 3 is 2.92 bits per heavy atom. The Labute approximate surface area is 71.7 Å². The highest BCUT2D eigenvalue weighted by Crippen LogP contribution is 1.80. The maximum atomic E-state index is 5.67. The standard InChI is InChI=1S/C10H12N2/c1-3-5-9-8(4-2)6-7-12-10(9)11/h3-7H,1H2,2H3,(H2,11,12)/b8-4-,9-5+. The first kappa shape index (κ1) is 8.53. The molecule has 0 bridgehead atoms. The van der Waals surface area contributed by atoms with Gasteiger partial charge in [-0.3, -0.25) is 0 Å². The third kappa shape index (κ3) is 1.53. The maximum absolute atomic E-state index is 5.67. The molecule has 1 aromatic rings. The number of rotatable bonds is 1. The summed E-state index contributed by atoms with van der Waals surface area (Å²) >= 11 is 0. The smallest absolute Gasteiger partial charge is 0.131 e. The number of pyridine rings is 1. The number of nitrogens with two attached hydrogens (primary N) is 1. The minimum Gasteiger partial charge on any atom is -0.383 e. The van der Waals surface area contributed by atoms with Crippen molar-refractivity contribution in [2.45, 2.75) is 6.92 Å². The van der Waals surface area contributed by atoms with Gasteiger partial charge in [-0.1, -0.05) is 24.8 Å². The fraction of sp³-hybridized carbons (Fsp3) is 0.100. The van der Waals surface area contributed by atoms with Crippen LogP contribution in [0.5, 0.6) is 0 Å². The van der Waals surface area contributed by atoms with Crippen LogP contribution in [0, 0.1) is 0 Å². The summed E-state index contributed by atoms with van der Waals surface area (Å²) in [5.74, 6) is 0.547. The summed E-state index contributed by atoms with van der Waals surface area (Å²) in [5.41, 5.74) is 5.67. The van der Waals surface area contributed by atoms with E-state index in [-0.39, 0.29) is 0 Å². The third-order valence-corrected chi connectivity index (χ3v) is 1.65. The molecule has 0 aliphatic heterocycles. The van der Waals surface area contributed by atoms with E-state index in [1.54, 1.807) is 12.3 Å². The van der Waals surface area contributed by atoms with Gasteiger partial charge in [-0.25, -0.2) is 4.98 Å². The van der Waals surface area contributed by atoms with E-state index in [9.17, 15) is 0 Å². The Morgan fingerprint density at radius 2 is 2.33 bits per heavy atom. The van der Waals surface area contributed by atoms with Crippen LogP contribution >= 0.6 is 0 Å². The highest BCUT2D eigenvalue weighted by Gasteiger charge is 1.88. The summed E-state index contributed by atoms with van der Waals surface area (Å²) in [5, 5.41) is 2.03. The first-order chi connectivity index (χ1) is 5.79. The summed E-state index contributed by atoms with van der Waals surface area (Å²) in [6, 6.07) is 1.92. The Morgan fingerprint density at radius 1 is 1.58 bits per heavy atom. The Balaban J connectivity index is 3.63. The molecule has 0 saturated heterocycles. The van der Waals surface area contributed by atoms with E-state index in [4.69, 9.17) is 5.73 Å². The van der Waals surface area contributed by atoms with E-state index in [2.05, 4.69) is 11.6 Å². The third-order valence-electron chi connectivity index (χ3n) is 1.65. The van der Waals surface area contributed by atoms with Crippen LogP contribution in [-0.4, -0.2) is 4.98 Å². The molecule has 0 unspecified atom stereocenters. The minimum atomic E-state index is 0.547. The van der Waals surface area contributed by atoms with Crippen LogP contribution in [0.25, 0.3) is 12.2 Å². The Hall–Kier alpha value is -1.57. The van der Waals surface area contributed by atoms with Gasteiger partial charge in [-0.05, 0) is 18.2 Å². The molecule has 0 saturated carbocycles. The highest BCUT2D eigenvalue weighted by molar-refractivity contribution is 5.46. The van der Waals surface area contributed by atoms with Gasteiger partial charge in [0.15, 0.2) is 0 Å². The number of nitrogen functional groups attached to an aromatic ring is 1. The lowest BCUT2D eigenvalue weighted by Crippen LogP contribution is -2.28. The quantitative estimate of drug-likeness (QED) is 0.647. The highest BCUT2D eigenvalue weighted by atomic mass is 14.8. The van der Waals surface area contributed by atoms with Crippen molar-refractivity contribution >= 4 is 18.0 Å². The Kier molecular flexibility index (Phi) is 2.64. The van der Waals surface area contributed by atoms with E-state index >= 15 is 0 Å². The Bertz CT molecular complexity index is 391. The number of nitrogens with zero attached hydrogens (tertiary/aromatic N) is 1. The predicted octanol–water partition coefficient (Wildman–Crippen LogP) is 0.431. The SMILES string of the molecule is C=C/C=c1/c(N)ncc/c1=C/C. The largest absolute Gasteiger partial charge is 0.383 e. The lowest BCUT2D eigenvalue weighted by atomic mass is 10.2. The normalized spacial score (nSPS) is 13.4. The fourth-order valence-electron chi connectivity index (χ4n) is 1.06. The van der Waals surface area contributed by atoms with Crippen LogP contribution in [0.15, 0.2) is 24.9 Å². The van der Waals surface area contributed by atoms with Crippen molar-refractivity contribution in [3.63, 3.8) is 0 Å². The van der Waals surface area contributed by atoms with Crippen LogP contribution in [0.3, 0.4) is 0 Å². The summed E-state index contributed by atoms with van der Waals surface area (Å²) in [6.07, 6.45) is 7.26. The molecular weight excluding hydrogens is 148 g/mol. The molecule has 0 aromatic carbocycles. The van der Waals surface area contributed by atoms with Crippen LogP contribution in [0.4, 0.5) is 5.82 Å². The van der Waals surface area contributed by atoms with Crippen molar-refractivity contribution in [2.24, 2.45) is 0 Å². The number of aromatic nitrogens is 1. The van der Waals surface area contributed by atoms with Crippen molar-refractivity contribution in [2.75, 3.05) is 5.73 Å². The molecule has 62 valence electrons. The summed E-state index contributed by atoms with van der Waals surface area (Å²) in [6.45, 7) is 5.59. The van der Waals surface area contributed by atoms with Gasteiger partial charge in [-0.2, -0.15) is 0 Å². The summed E-state index contributed by atoms with van der Waals surface area (Å²) in [4.78, 5) is 3.99. The van der Waals surface area contributed by atoms with Gasteiger partial charge < -0.3 is 5.73 Å². The van der Waals surface area contributed by atoms with Gasteiger partial charge in [0.2, 0.25) is 0 Å². The molecule has 0 fully saturated rings. The van der Waals surface area contributed by atoms with Crippen LogP contribution in [0.1, 0.15) is 6.92 Å². The predicted molar refractivity (Wildman–Crippen MR) is 52.7 cm³/mol. The number of hydrogen-bond acceptors (Lipinski definition) is 2. The zero-order valence-electron chi connectivity index (χ0n) is 7.12. The minimum absolute atomic E-state index is 0.547. The maximum Gasteiger partial charge on any atom is 0.131 e. The zero-order chi connectivity index (χ0) is 8.97. The molecule has 0 amide bonds. The second kappa shape index (κ2) is 3.72. The molecule has 2 nitrogen and oxygen atoms in total. The number of anilines is 1. The van der Waals surface area contributed by atoms with Gasteiger partial charge in [0.05, 0.1) is 0 Å². The summed E-state index contributed by atoms with van der Waals surface area (Å²) in [7, 11) is 0. The van der Waals surface area contributed by atoms with Gasteiger partial charge in [-0.15, -0.1) is 0 Å². The summed E-state index contributed by atoms with van der Waals surface area (Å²) < 4.78 is 0. The lowest BCUT2D eigenvalue weighted by Gasteiger charge is -1.93. The van der Waals surface area contributed by atoms with Gasteiger partial charge in [0.1, 0.15) is 5.82 Å². The molecule has 1 rings (SSSR count). The van der Waals surface area contributed by atoms with E-state index < -0.39 is 0 Å². The molecule has 0 radical (unpaired) electrons. The molecule has 0 aliphatic rings. The molecule has 1 heterocycles. The average Bonchev–Trinajstić information content (AvgIpc) is 2.09. The van der Waals surface area contributed by atoms with Crippen molar-refractivity contribution in [1.82, 2.24) is 4.98 Å². The molecule has 2 N–H and O–H groups in total. The average molecular weight is 160 g/mol. The van der Waals surface area contributed by atoms with E-state index in [1.807, 2.05) is 25.1 Å². The van der Waals surface area contributed by atoms with Crippen LogP contribution < -0.4 is 16.2 Å². The molecule has 2 heteroatoms. The molecule has 0 atom stereocenters. The lowest BCUT2D eigenvalue weighted by molar-refractivity contribution is 1.28. The molecule has 1 aromatic heterocycles. The monoisotopic (exact) mass is 160 g/mol. The van der Waals surface area contributed by atoms with E-state index in [0.717, 1.165) is 10.4 Å². The van der Waals surface area contributed by atoms with Gasteiger partial charge in [0, 0.05) is 11.4 Å². The van der Waals surface area contributed by atoms with E-state index in [0.29, 0.717) is 5.82 Å². The van der Waals surface area contributed by atoms with Gasteiger partial charge >= 0.3 is 0 Å². The van der Waals surface area contributed by atoms with Crippen molar-refractivity contribution in [3.05, 3.63) is 35.4 Å². The second-order valence-electron chi connectivity index (χ2n) is 2.39. The van der Waals surface area contributed by atoms with Crippen LogP contribution in [0.2, 0.25) is 0 Å². The molecular formula is C10H12N2. The zero-order valence-corrected chi connectivity index (χ0v) is 7.12. The number of allylic oxidation sites excluding steroid dienone is 1. The first-order valence-corrected chi connectivity index (χ1v) is 3.79. The van der Waals surface area contributed by atoms with Gasteiger partial charge in [0.25, 0.3) is 0 Å². The van der Waals surface area contributed by atoms with Crippen molar-refractivity contribution < 1.29 is 0 Å². The molecule has 0 spiro atoms. The molecule has 12 heavy (non-hydrogen) atoms. The van der Waals surface area contributed by atoms with Crippen molar-refractivity contribution in [1.29, 1.82) is 0 Å². The van der Waals surface area contributed by atoms with Crippen LogP contribution in [-0.2, 0) is 0 Å². The first-order valence-electron chi connectivity index (χ1n) is 3.79. The van der Waals surface area contributed by atoms with E-state index in [1.165, 1.54) is 0 Å². The number of hydrogen-bond donors (Lipinski definition) is 1.